The second kappa shape index (κ2) is 5.47. The van der Waals surface area contributed by atoms with E-state index in [-0.39, 0.29) is 17.1 Å². The van der Waals surface area contributed by atoms with Crippen LogP contribution in [0.15, 0.2) is 40.9 Å². The Morgan fingerprint density at radius 1 is 1.37 bits per heavy atom. The summed E-state index contributed by atoms with van der Waals surface area (Å²) >= 11 is 1.44. The smallest absolute Gasteiger partial charge is 0.337 e. The van der Waals surface area contributed by atoms with Crippen LogP contribution in [0.3, 0.4) is 0 Å². The van der Waals surface area contributed by atoms with Gasteiger partial charge in [0.25, 0.3) is 10.0 Å². The van der Waals surface area contributed by atoms with Crippen LogP contribution in [-0.2, 0) is 16.6 Å². The van der Waals surface area contributed by atoms with Crippen LogP contribution >= 0.6 is 11.3 Å². The van der Waals surface area contributed by atoms with Crippen LogP contribution in [0, 0.1) is 0 Å². The van der Waals surface area contributed by atoms with Crippen LogP contribution in [0.1, 0.15) is 15.2 Å². The number of hydrogen-bond donors (Lipinski definition) is 2. The standard InChI is InChI=1S/C11H10N2O4S2/c14-11(15)8-3-4-10(12-6-8)19(16,17)13-7-9-2-1-5-18-9/h1-6,13H,7H2,(H,14,15). The number of hydrogen-bond acceptors (Lipinski definition) is 5. The molecule has 0 saturated heterocycles. The molecule has 0 bridgehead atoms. The van der Waals surface area contributed by atoms with E-state index in [1.165, 1.54) is 23.5 Å². The summed E-state index contributed by atoms with van der Waals surface area (Å²) in [6, 6.07) is 6.01. The summed E-state index contributed by atoms with van der Waals surface area (Å²) in [5.41, 5.74) is -0.0581. The topological polar surface area (TPSA) is 96.4 Å². The number of thiophene rings is 1. The van der Waals surface area contributed by atoms with Gasteiger partial charge in [0.15, 0.2) is 5.03 Å². The Morgan fingerprint density at radius 3 is 2.68 bits per heavy atom. The molecule has 0 aliphatic heterocycles. The first-order valence-corrected chi connectivity index (χ1v) is 7.57. The fraction of sp³-hybridized carbons (Fsp3) is 0.0909. The Hall–Kier alpha value is -1.77. The molecule has 8 heteroatoms. The minimum Gasteiger partial charge on any atom is -0.478 e. The summed E-state index contributed by atoms with van der Waals surface area (Å²) in [5.74, 6) is -1.15. The predicted octanol–water partition coefficient (Wildman–Crippen LogP) is 1.32. The van der Waals surface area contributed by atoms with Crippen molar-refractivity contribution in [1.29, 1.82) is 0 Å². The maximum atomic E-state index is 11.9. The quantitative estimate of drug-likeness (QED) is 0.867. The lowest BCUT2D eigenvalue weighted by atomic mass is 10.3. The molecule has 2 heterocycles. The molecule has 2 aromatic rings. The first-order chi connectivity index (χ1) is 8.99. The number of aromatic nitrogens is 1. The van der Waals surface area contributed by atoms with Gasteiger partial charge in [-0.05, 0) is 23.6 Å². The fourth-order valence-electron chi connectivity index (χ4n) is 1.32. The van der Waals surface area contributed by atoms with E-state index in [9.17, 15) is 13.2 Å². The highest BCUT2D eigenvalue weighted by molar-refractivity contribution is 7.89. The Kier molecular flexibility index (Phi) is 3.93. The van der Waals surface area contributed by atoms with Crippen molar-refractivity contribution >= 4 is 27.3 Å². The summed E-state index contributed by atoms with van der Waals surface area (Å²) in [7, 11) is -3.73. The molecule has 0 aliphatic carbocycles. The molecule has 0 atom stereocenters. The lowest BCUT2D eigenvalue weighted by Crippen LogP contribution is -2.23. The molecule has 6 nitrogen and oxygen atoms in total. The normalized spacial score (nSPS) is 11.4. The number of sulfonamides is 1. The highest BCUT2D eigenvalue weighted by atomic mass is 32.2. The van der Waals surface area contributed by atoms with Gasteiger partial charge in [-0.25, -0.2) is 22.9 Å². The number of nitrogens with zero attached hydrogens (tertiary/aromatic N) is 1. The first kappa shape index (κ1) is 13.7. The van der Waals surface area contributed by atoms with Crippen molar-refractivity contribution in [1.82, 2.24) is 9.71 Å². The number of nitrogens with one attached hydrogen (secondary N) is 1. The molecule has 100 valence electrons. The Bertz CT molecular complexity index is 663. The van der Waals surface area contributed by atoms with Crippen molar-refractivity contribution < 1.29 is 18.3 Å². The van der Waals surface area contributed by atoms with Gasteiger partial charge in [0.2, 0.25) is 0 Å². The summed E-state index contributed by atoms with van der Waals surface area (Å²) in [5, 5.41) is 10.4. The molecule has 0 aliphatic rings. The van der Waals surface area contributed by atoms with Gasteiger partial charge in [-0.1, -0.05) is 6.07 Å². The Morgan fingerprint density at radius 2 is 2.16 bits per heavy atom. The van der Waals surface area contributed by atoms with Gasteiger partial charge in [-0.15, -0.1) is 11.3 Å². The molecule has 19 heavy (non-hydrogen) atoms. The predicted molar refractivity (Wildman–Crippen MR) is 69.5 cm³/mol. The van der Waals surface area contributed by atoms with E-state index in [0.717, 1.165) is 11.1 Å². The maximum Gasteiger partial charge on any atom is 0.337 e. The molecule has 0 amide bonds. The van der Waals surface area contributed by atoms with Crippen molar-refractivity contribution in [3.8, 4) is 0 Å². The third-order valence-corrected chi connectivity index (χ3v) is 4.47. The second-order valence-corrected chi connectivity index (χ2v) is 6.34. The molecule has 2 rings (SSSR count). The Balaban J connectivity index is 2.13. The molecular formula is C11H10N2O4S2. The zero-order chi connectivity index (χ0) is 13.9. The van der Waals surface area contributed by atoms with E-state index < -0.39 is 16.0 Å². The monoisotopic (exact) mass is 298 g/mol. The van der Waals surface area contributed by atoms with Gasteiger partial charge in [0.1, 0.15) is 0 Å². The third-order valence-electron chi connectivity index (χ3n) is 2.28. The van der Waals surface area contributed by atoms with Gasteiger partial charge >= 0.3 is 5.97 Å². The summed E-state index contributed by atoms with van der Waals surface area (Å²) < 4.78 is 26.2. The van der Waals surface area contributed by atoms with E-state index in [1.807, 2.05) is 17.5 Å². The van der Waals surface area contributed by atoms with Crippen LogP contribution in [-0.4, -0.2) is 24.5 Å². The average molecular weight is 298 g/mol. The molecule has 0 spiro atoms. The summed E-state index contributed by atoms with van der Waals surface area (Å²) in [6.07, 6.45) is 1.02. The molecular weight excluding hydrogens is 288 g/mol. The van der Waals surface area contributed by atoms with E-state index in [0.29, 0.717) is 0 Å². The second-order valence-electron chi connectivity index (χ2n) is 3.59. The van der Waals surface area contributed by atoms with Crippen LogP contribution in [0.25, 0.3) is 0 Å². The fourth-order valence-corrected chi connectivity index (χ4v) is 2.99. The number of carbonyl (C=O) groups is 1. The highest BCUT2D eigenvalue weighted by Gasteiger charge is 2.16. The maximum absolute atomic E-state index is 11.9. The largest absolute Gasteiger partial charge is 0.478 e. The van der Waals surface area contributed by atoms with Crippen molar-refractivity contribution in [3.63, 3.8) is 0 Å². The van der Waals surface area contributed by atoms with Gasteiger partial charge in [-0.2, -0.15) is 0 Å². The van der Waals surface area contributed by atoms with Gasteiger partial charge in [0.05, 0.1) is 5.56 Å². The minimum absolute atomic E-state index is 0.0581. The number of rotatable bonds is 5. The lowest BCUT2D eigenvalue weighted by Gasteiger charge is -2.04. The molecule has 0 saturated carbocycles. The van der Waals surface area contributed by atoms with Crippen molar-refractivity contribution in [2.45, 2.75) is 11.6 Å². The number of aromatic carboxylic acids is 1. The van der Waals surface area contributed by atoms with Crippen LogP contribution in [0.4, 0.5) is 0 Å². The van der Waals surface area contributed by atoms with Gasteiger partial charge in [0, 0.05) is 17.6 Å². The van der Waals surface area contributed by atoms with E-state index >= 15 is 0 Å². The molecule has 0 aromatic carbocycles. The van der Waals surface area contributed by atoms with Crippen molar-refractivity contribution in [2.75, 3.05) is 0 Å². The average Bonchev–Trinajstić information content (AvgIpc) is 2.90. The lowest BCUT2D eigenvalue weighted by molar-refractivity contribution is 0.0696. The number of carboxylic acid groups (broad SMARTS) is 1. The highest BCUT2D eigenvalue weighted by Crippen LogP contribution is 2.11. The Labute approximate surface area is 113 Å². The molecule has 2 N–H and O–H groups in total. The van der Waals surface area contributed by atoms with Crippen LogP contribution in [0.2, 0.25) is 0 Å². The van der Waals surface area contributed by atoms with E-state index in [4.69, 9.17) is 5.11 Å². The molecule has 2 aromatic heterocycles. The SMILES string of the molecule is O=C(O)c1ccc(S(=O)(=O)NCc2cccs2)nc1. The van der Waals surface area contributed by atoms with Crippen LogP contribution < -0.4 is 4.72 Å². The molecule has 0 radical (unpaired) electrons. The number of carboxylic acids is 1. The van der Waals surface area contributed by atoms with Crippen molar-refractivity contribution in [3.05, 3.63) is 46.3 Å². The van der Waals surface area contributed by atoms with Crippen LogP contribution in [0.5, 0.6) is 0 Å². The van der Waals surface area contributed by atoms with Crippen molar-refractivity contribution in [2.24, 2.45) is 0 Å². The van der Waals surface area contributed by atoms with Gasteiger partial charge in [-0.3, -0.25) is 0 Å². The zero-order valence-electron chi connectivity index (χ0n) is 9.61. The summed E-state index contributed by atoms with van der Waals surface area (Å²) in [4.78, 5) is 15.2. The van der Waals surface area contributed by atoms with E-state index in [2.05, 4.69) is 9.71 Å². The molecule has 0 fully saturated rings. The van der Waals surface area contributed by atoms with Gasteiger partial charge < -0.3 is 5.11 Å². The zero-order valence-corrected chi connectivity index (χ0v) is 11.2. The minimum atomic E-state index is -3.73. The first-order valence-electron chi connectivity index (χ1n) is 5.20. The number of pyridine rings is 1. The summed E-state index contributed by atoms with van der Waals surface area (Å²) in [6.45, 7) is 0.183. The third kappa shape index (κ3) is 3.37. The molecule has 0 unspecified atom stereocenters. The van der Waals surface area contributed by atoms with E-state index in [1.54, 1.807) is 0 Å².